The number of rotatable bonds is 5. The smallest absolute Gasteiger partial charge is 0.231 e. The largest absolute Gasteiger partial charge is 0.373 e. The molecular weight excluding hydrogens is 230 g/mol. The zero-order valence-electron chi connectivity index (χ0n) is 12.2. The molecule has 1 rings (SSSR count). The fraction of sp³-hybridized carbons (Fsp3) is 0.846. The molecule has 0 fully saturated rings. The molecule has 0 saturated carbocycles. The Bertz CT molecular complexity index is 371. The van der Waals surface area contributed by atoms with E-state index in [-0.39, 0.29) is 23.5 Å². The predicted octanol–water partition coefficient (Wildman–Crippen LogP) is 2.64. The molecule has 0 aliphatic rings. The molecule has 3 unspecified atom stereocenters. The number of nitrogens with two attached hydrogens (primary N) is 1. The highest BCUT2D eigenvalue weighted by molar-refractivity contribution is 5.01. The highest BCUT2D eigenvalue weighted by atomic mass is 16.5. The lowest BCUT2D eigenvalue weighted by Crippen LogP contribution is -2.26. The van der Waals surface area contributed by atoms with Gasteiger partial charge < -0.3 is 15.0 Å². The average Bonchev–Trinajstić information content (AvgIpc) is 2.75. The van der Waals surface area contributed by atoms with Gasteiger partial charge in [0.25, 0.3) is 0 Å². The Kier molecular flexibility index (Phi) is 4.87. The number of hydrogen-bond donors (Lipinski definition) is 1. The van der Waals surface area contributed by atoms with Crippen LogP contribution in [0.25, 0.3) is 0 Å². The summed E-state index contributed by atoms with van der Waals surface area (Å²) in [4.78, 5) is 4.43. The maximum Gasteiger partial charge on any atom is 0.231 e. The molecule has 104 valence electrons. The van der Waals surface area contributed by atoms with E-state index >= 15 is 0 Å². The number of methoxy groups -OCH3 is 1. The van der Waals surface area contributed by atoms with Crippen LogP contribution in [0.3, 0.4) is 0 Å². The van der Waals surface area contributed by atoms with Gasteiger partial charge in [-0.2, -0.15) is 4.98 Å². The first kappa shape index (κ1) is 15.1. The van der Waals surface area contributed by atoms with Crippen molar-refractivity contribution in [2.45, 2.75) is 59.1 Å². The molecular formula is C13H25N3O2. The van der Waals surface area contributed by atoms with Crippen LogP contribution in [0.5, 0.6) is 0 Å². The molecule has 5 heteroatoms. The quantitative estimate of drug-likeness (QED) is 0.875. The average molecular weight is 255 g/mol. The SMILES string of the molecule is CCC(N)C(C)c1nc(C(OC)C(C)(C)C)no1. The summed E-state index contributed by atoms with van der Waals surface area (Å²) < 4.78 is 10.8. The van der Waals surface area contributed by atoms with E-state index in [1.165, 1.54) is 0 Å². The van der Waals surface area contributed by atoms with Gasteiger partial charge in [-0.25, -0.2) is 0 Å². The zero-order valence-corrected chi connectivity index (χ0v) is 12.2. The van der Waals surface area contributed by atoms with Gasteiger partial charge >= 0.3 is 0 Å². The van der Waals surface area contributed by atoms with Crippen LogP contribution >= 0.6 is 0 Å². The molecule has 0 aliphatic heterocycles. The summed E-state index contributed by atoms with van der Waals surface area (Å²) in [6.45, 7) is 10.3. The van der Waals surface area contributed by atoms with Gasteiger partial charge in [0.05, 0.1) is 5.92 Å². The van der Waals surface area contributed by atoms with Crippen molar-refractivity contribution < 1.29 is 9.26 Å². The van der Waals surface area contributed by atoms with Crippen LogP contribution in [0.4, 0.5) is 0 Å². The summed E-state index contributed by atoms with van der Waals surface area (Å²) in [5, 5.41) is 4.02. The Morgan fingerprint density at radius 1 is 1.39 bits per heavy atom. The monoisotopic (exact) mass is 255 g/mol. The molecule has 0 amide bonds. The summed E-state index contributed by atoms with van der Waals surface area (Å²) >= 11 is 0. The summed E-state index contributed by atoms with van der Waals surface area (Å²) in [5.41, 5.74) is 5.92. The minimum Gasteiger partial charge on any atom is -0.373 e. The van der Waals surface area contributed by atoms with Crippen molar-refractivity contribution in [1.82, 2.24) is 10.1 Å². The molecule has 0 radical (unpaired) electrons. The summed E-state index contributed by atoms with van der Waals surface area (Å²) in [6, 6.07) is 0.0360. The van der Waals surface area contributed by atoms with Crippen molar-refractivity contribution in [2.75, 3.05) is 7.11 Å². The van der Waals surface area contributed by atoms with Gasteiger partial charge in [-0.3, -0.25) is 0 Å². The van der Waals surface area contributed by atoms with Crippen LogP contribution in [0.1, 0.15) is 64.8 Å². The minimum atomic E-state index is -0.181. The minimum absolute atomic E-state index is 0.0360. The topological polar surface area (TPSA) is 74.2 Å². The van der Waals surface area contributed by atoms with E-state index in [2.05, 4.69) is 30.9 Å². The Labute approximate surface area is 109 Å². The molecule has 0 spiro atoms. The van der Waals surface area contributed by atoms with E-state index in [0.717, 1.165) is 6.42 Å². The van der Waals surface area contributed by atoms with Gasteiger partial charge in [0, 0.05) is 13.2 Å². The van der Waals surface area contributed by atoms with Crippen LogP contribution in [-0.2, 0) is 4.74 Å². The predicted molar refractivity (Wildman–Crippen MR) is 70.2 cm³/mol. The van der Waals surface area contributed by atoms with Gasteiger partial charge in [0.1, 0.15) is 6.10 Å². The second kappa shape index (κ2) is 5.80. The number of nitrogens with zero attached hydrogens (tertiary/aromatic N) is 2. The molecule has 1 aromatic heterocycles. The molecule has 18 heavy (non-hydrogen) atoms. The van der Waals surface area contributed by atoms with Gasteiger partial charge in [0.15, 0.2) is 0 Å². The fourth-order valence-electron chi connectivity index (χ4n) is 1.92. The molecule has 0 saturated heterocycles. The summed E-state index contributed by atoms with van der Waals surface area (Å²) in [5.74, 6) is 1.24. The fourth-order valence-corrected chi connectivity index (χ4v) is 1.92. The zero-order chi connectivity index (χ0) is 13.9. The molecule has 3 atom stereocenters. The lowest BCUT2D eigenvalue weighted by Gasteiger charge is -2.26. The number of aromatic nitrogens is 2. The standard InChI is InChI=1S/C13H25N3O2/c1-7-9(14)8(2)12-15-11(16-18-12)10(17-6)13(3,4)5/h8-10H,7,14H2,1-6H3. The van der Waals surface area contributed by atoms with Crippen molar-refractivity contribution >= 4 is 0 Å². The molecule has 2 N–H and O–H groups in total. The van der Waals surface area contributed by atoms with Crippen molar-refractivity contribution in [3.05, 3.63) is 11.7 Å². The number of hydrogen-bond acceptors (Lipinski definition) is 5. The Hall–Kier alpha value is -0.940. The second-order valence-corrected chi connectivity index (χ2v) is 5.83. The molecule has 0 aromatic carbocycles. The maximum absolute atomic E-state index is 5.99. The van der Waals surface area contributed by atoms with Crippen LogP contribution in [-0.4, -0.2) is 23.3 Å². The second-order valence-electron chi connectivity index (χ2n) is 5.83. The van der Waals surface area contributed by atoms with Crippen LogP contribution < -0.4 is 5.73 Å². The summed E-state index contributed by atoms with van der Waals surface area (Å²) in [7, 11) is 1.66. The Balaban J connectivity index is 2.92. The van der Waals surface area contributed by atoms with E-state index in [9.17, 15) is 0 Å². The number of ether oxygens (including phenoxy) is 1. The van der Waals surface area contributed by atoms with E-state index in [1.807, 2.05) is 13.8 Å². The Morgan fingerprint density at radius 2 is 2.00 bits per heavy atom. The van der Waals surface area contributed by atoms with Crippen LogP contribution in [0.15, 0.2) is 4.52 Å². The van der Waals surface area contributed by atoms with Crippen LogP contribution in [0.2, 0.25) is 0 Å². The van der Waals surface area contributed by atoms with Crippen molar-refractivity contribution in [3.8, 4) is 0 Å². The first-order valence-corrected chi connectivity index (χ1v) is 6.43. The van der Waals surface area contributed by atoms with Crippen LogP contribution in [0, 0.1) is 5.41 Å². The van der Waals surface area contributed by atoms with Crippen molar-refractivity contribution in [3.63, 3.8) is 0 Å². The van der Waals surface area contributed by atoms with Gasteiger partial charge in [-0.15, -0.1) is 0 Å². The lowest BCUT2D eigenvalue weighted by atomic mass is 9.88. The van der Waals surface area contributed by atoms with Crippen molar-refractivity contribution in [1.29, 1.82) is 0 Å². The normalized spacial score (nSPS) is 17.5. The van der Waals surface area contributed by atoms with E-state index < -0.39 is 0 Å². The molecule has 1 heterocycles. The third-order valence-electron chi connectivity index (χ3n) is 3.22. The first-order valence-electron chi connectivity index (χ1n) is 6.43. The molecule has 0 aliphatic carbocycles. The highest BCUT2D eigenvalue weighted by Gasteiger charge is 2.31. The Morgan fingerprint density at radius 3 is 2.44 bits per heavy atom. The first-order chi connectivity index (χ1) is 8.31. The third-order valence-corrected chi connectivity index (χ3v) is 3.22. The lowest BCUT2D eigenvalue weighted by molar-refractivity contribution is 0.00718. The molecule has 1 aromatic rings. The van der Waals surface area contributed by atoms with Crippen molar-refractivity contribution in [2.24, 2.45) is 11.1 Å². The van der Waals surface area contributed by atoms with Gasteiger partial charge in [-0.1, -0.05) is 39.8 Å². The summed E-state index contributed by atoms with van der Waals surface area (Å²) in [6.07, 6.45) is 0.700. The van der Waals surface area contributed by atoms with Gasteiger partial charge in [-0.05, 0) is 11.8 Å². The van der Waals surface area contributed by atoms with E-state index in [0.29, 0.717) is 11.7 Å². The third kappa shape index (κ3) is 3.29. The molecule has 5 nitrogen and oxygen atoms in total. The maximum atomic E-state index is 5.99. The van der Waals surface area contributed by atoms with Gasteiger partial charge in [0.2, 0.25) is 11.7 Å². The highest BCUT2D eigenvalue weighted by Crippen LogP contribution is 2.34. The molecule has 0 bridgehead atoms. The van der Waals surface area contributed by atoms with E-state index in [4.69, 9.17) is 15.0 Å². The van der Waals surface area contributed by atoms with E-state index in [1.54, 1.807) is 7.11 Å².